The van der Waals surface area contributed by atoms with E-state index in [1.54, 1.807) is 11.3 Å². The van der Waals surface area contributed by atoms with Crippen molar-refractivity contribution in [2.75, 3.05) is 18.0 Å². The zero-order chi connectivity index (χ0) is 11.0. The largest absolute Gasteiger partial charge is 0.370 e. The Kier molecular flexibility index (Phi) is 2.72. The molecule has 2 saturated carbocycles. The molecule has 2 fully saturated rings. The average molecular weight is 235 g/mol. The lowest BCUT2D eigenvalue weighted by molar-refractivity contribution is 0.112. The van der Waals surface area contributed by atoms with Gasteiger partial charge in [-0.2, -0.15) is 0 Å². The van der Waals surface area contributed by atoms with E-state index in [0.29, 0.717) is 0 Å². The lowest BCUT2D eigenvalue weighted by Gasteiger charge is -2.23. The van der Waals surface area contributed by atoms with Gasteiger partial charge in [-0.15, -0.1) is 11.3 Å². The zero-order valence-corrected chi connectivity index (χ0v) is 10.2. The Labute approximate surface area is 100 Å². The van der Waals surface area contributed by atoms with Crippen molar-refractivity contribution in [1.82, 2.24) is 0 Å². The van der Waals surface area contributed by atoms with Gasteiger partial charge in [0.25, 0.3) is 0 Å². The van der Waals surface area contributed by atoms with E-state index in [1.165, 1.54) is 44.5 Å². The second-order valence-corrected chi connectivity index (χ2v) is 6.06. The van der Waals surface area contributed by atoms with Crippen molar-refractivity contribution in [3.05, 3.63) is 16.3 Å². The van der Waals surface area contributed by atoms with Gasteiger partial charge in [0.2, 0.25) is 0 Å². The summed E-state index contributed by atoms with van der Waals surface area (Å²) < 4.78 is 0. The molecule has 1 heterocycles. The summed E-state index contributed by atoms with van der Waals surface area (Å²) in [7, 11) is 0. The van der Waals surface area contributed by atoms with Gasteiger partial charge < -0.3 is 4.90 Å². The number of rotatable bonds is 6. The fourth-order valence-corrected chi connectivity index (χ4v) is 2.80. The Morgan fingerprint density at radius 3 is 2.31 bits per heavy atom. The van der Waals surface area contributed by atoms with E-state index < -0.39 is 0 Å². The molecule has 0 atom stereocenters. The van der Waals surface area contributed by atoms with Crippen molar-refractivity contribution in [3.8, 4) is 0 Å². The molecule has 0 saturated heterocycles. The van der Waals surface area contributed by atoms with Crippen LogP contribution in [-0.4, -0.2) is 19.4 Å². The summed E-state index contributed by atoms with van der Waals surface area (Å²) in [5.41, 5.74) is 1.27. The first-order chi connectivity index (χ1) is 7.85. The molecule has 0 bridgehead atoms. The quantitative estimate of drug-likeness (QED) is 0.706. The second kappa shape index (κ2) is 4.21. The predicted molar refractivity (Wildman–Crippen MR) is 67.4 cm³/mol. The van der Waals surface area contributed by atoms with Crippen LogP contribution in [0.4, 0.5) is 5.69 Å². The van der Waals surface area contributed by atoms with Crippen molar-refractivity contribution < 1.29 is 4.79 Å². The normalized spacial score (nSPS) is 19.8. The molecule has 0 spiro atoms. The van der Waals surface area contributed by atoms with Gasteiger partial charge in [0.15, 0.2) is 6.29 Å². The third-order valence-electron chi connectivity index (χ3n) is 3.44. The van der Waals surface area contributed by atoms with Gasteiger partial charge in [0.05, 0.1) is 4.88 Å². The van der Waals surface area contributed by atoms with E-state index in [4.69, 9.17) is 0 Å². The molecule has 3 rings (SSSR count). The maximum atomic E-state index is 10.7. The van der Waals surface area contributed by atoms with Gasteiger partial charge in [-0.05, 0) is 43.6 Å². The van der Waals surface area contributed by atoms with Crippen LogP contribution in [0.3, 0.4) is 0 Å². The van der Waals surface area contributed by atoms with Gasteiger partial charge in [-0.25, -0.2) is 0 Å². The molecule has 0 aromatic carbocycles. The minimum Gasteiger partial charge on any atom is -0.370 e. The number of anilines is 1. The average Bonchev–Trinajstić information content (AvgIpc) is 3.21. The van der Waals surface area contributed by atoms with Crippen molar-refractivity contribution in [3.63, 3.8) is 0 Å². The Hall–Kier alpha value is -0.830. The van der Waals surface area contributed by atoms with Gasteiger partial charge in [-0.1, -0.05) is 0 Å². The molecule has 1 aromatic heterocycles. The fourth-order valence-electron chi connectivity index (χ4n) is 2.08. The first-order valence-corrected chi connectivity index (χ1v) is 7.02. The Balaban J connectivity index is 1.70. The number of hydrogen-bond acceptors (Lipinski definition) is 3. The molecular formula is C13H17NOS. The lowest BCUT2D eigenvalue weighted by atomic mass is 10.3. The number of nitrogens with zero attached hydrogens (tertiary/aromatic N) is 1. The van der Waals surface area contributed by atoms with E-state index in [0.717, 1.165) is 23.0 Å². The lowest BCUT2D eigenvalue weighted by Crippen LogP contribution is -2.27. The van der Waals surface area contributed by atoms with Gasteiger partial charge in [0, 0.05) is 24.2 Å². The Bertz CT molecular complexity index is 365. The van der Waals surface area contributed by atoms with Gasteiger partial charge >= 0.3 is 0 Å². The molecule has 1 aromatic rings. The summed E-state index contributed by atoms with van der Waals surface area (Å²) in [5.74, 6) is 1.83. The van der Waals surface area contributed by atoms with Crippen LogP contribution in [0.2, 0.25) is 0 Å². The number of carbonyl (C=O) groups is 1. The SMILES string of the molecule is O=Cc1cc(N(CC2CC2)CC2CC2)cs1. The summed E-state index contributed by atoms with van der Waals surface area (Å²) >= 11 is 1.56. The van der Waals surface area contributed by atoms with E-state index in [-0.39, 0.29) is 0 Å². The molecule has 0 N–H and O–H groups in total. The third kappa shape index (κ3) is 2.46. The van der Waals surface area contributed by atoms with Gasteiger partial charge in [-0.3, -0.25) is 4.79 Å². The van der Waals surface area contributed by atoms with E-state index >= 15 is 0 Å². The van der Waals surface area contributed by atoms with E-state index in [1.807, 2.05) is 6.07 Å². The molecule has 0 amide bonds. The van der Waals surface area contributed by atoms with Gasteiger partial charge in [0.1, 0.15) is 0 Å². The summed E-state index contributed by atoms with van der Waals surface area (Å²) in [6.07, 6.45) is 6.54. The number of hydrogen-bond donors (Lipinski definition) is 0. The van der Waals surface area contributed by atoms with Crippen molar-refractivity contribution >= 4 is 23.3 Å². The molecule has 3 heteroatoms. The second-order valence-electron chi connectivity index (χ2n) is 5.12. The monoisotopic (exact) mass is 235 g/mol. The maximum Gasteiger partial charge on any atom is 0.160 e. The number of thiophene rings is 1. The van der Waals surface area contributed by atoms with Crippen LogP contribution in [0.15, 0.2) is 11.4 Å². The third-order valence-corrected chi connectivity index (χ3v) is 4.28. The minimum absolute atomic E-state index is 0.853. The van der Waals surface area contributed by atoms with Crippen molar-refractivity contribution in [2.24, 2.45) is 11.8 Å². The van der Waals surface area contributed by atoms with E-state index in [2.05, 4.69) is 10.3 Å². The topological polar surface area (TPSA) is 20.3 Å². The molecule has 16 heavy (non-hydrogen) atoms. The van der Waals surface area contributed by atoms with Crippen LogP contribution in [-0.2, 0) is 0 Å². The molecule has 0 aliphatic heterocycles. The van der Waals surface area contributed by atoms with Crippen LogP contribution in [0, 0.1) is 11.8 Å². The summed E-state index contributed by atoms with van der Waals surface area (Å²) in [4.78, 5) is 14.1. The summed E-state index contributed by atoms with van der Waals surface area (Å²) in [6, 6.07) is 2.04. The predicted octanol–water partition coefficient (Wildman–Crippen LogP) is 3.19. The van der Waals surface area contributed by atoms with Crippen molar-refractivity contribution in [1.29, 1.82) is 0 Å². The number of aldehydes is 1. The molecule has 2 nitrogen and oxygen atoms in total. The smallest absolute Gasteiger partial charge is 0.160 e. The van der Waals surface area contributed by atoms with Crippen LogP contribution >= 0.6 is 11.3 Å². The summed E-state index contributed by atoms with van der Waals surface area (Å²) in [6.45, 7) is 2.40. The highest BCUT2D eigenvalue weighted by Gasteiger charge is 2.29. The highest BCUT2D eigenvalue weighted by molar-refractivity contribution is 7.12. The van der Waals surface area contributed by atoms with E-state index in [9.17, 15) is 4.79 Å². The zero-order valence-electron chi connectivity index (χ0n) is 9.39. The highest BCUT2D eigenvalue weighted by Crippen LogP contribution is 2.36. The van der Waals surface area contributed by atoms with Crippen LogP contribution < -0.4 is 4.90 Å². The molecule has 0 unspecified atom stereocenters. The molecule has 86 valence electrons. The van der Waals surface area contributed by atoms with Crippen molar-refractivity contribution in [2.45, 2.75) is 25.7 Å². The first-order valence-electron chi connectivity index (χ1n) is 6.14. The van der Waals surface area contributed by atoms with Crippen LogP contribution in [0.25, 0.3) is 0 Å². The first kappa shape index (κ1) is 10.3. The Morgan fingerprint density at radius 1 is 1.25 bits per heavy atom. The Morgan fingerprint density at radius 2 is 1.88 bits per heavy atom. The minimum atomic E-state index is 0.853. The standard InChI is InChI=1S/C13H17NOS/c15-8-13-5-12(9-16-13)14(6-10-1-2-10)7-11-3-4-11/h5,8-11H,1-4,6-7H2. The molecule has 0 radical (unpaired) electrons. The maximum absolute atomic E-state index is 10.7. The van der Waals surface area contributed by atoms with Crippen LogP contribution in [0.5, 0.6) is 0 Å². The number of carbonyl (C=O) groups excluding carboxylic acids is 1. The highest BCUT2D eigenvalue weighted by atomic mass is 32.1. The fraction of sp³-hybridized carbons (Fsp3) is 0.615. The molecule has 2 aliphatic rings. The molecule has 2 aliphatic carbocycles. The molecular weight excluding hydrogens is 218 g/mol. The van der Waals surface area contributed by atoms with Crippen LogP contribution in [0.1, 0.15) is 35.4 Å². The summed E-state index contributed by atoms with van der Waals surface area (Å²) in [5, 5.41) is 2.13.